The summed E-state index contributed by atoms with van der Waals surface area (Å²) >= 11 is 0. The first kappa shape index (κ1) is 19.4. The summed E-state index contributed by atoms with van der Waals surface area (Å²) in [7, 11) is 0. The largest absolute Gasteiger partial charge is 0.480 e. The van der Waals surface area contributed by atoms with Crippen molar-refractivity contribution >= 4 is 17.8 Å². The molecule has 3 unspecified atom stereocenters. The maximum Gasteiger partial charge on any atom is 0.326 e. The smallest absolute Gasteiger partial charge is 0.326 e. The molecule has 3 rings (SSSR count). The molecule has 2 heterocycles. The Morgan fingerprint density at radius 2 is 1.93 bits per heavy atom. The number of aliphatic carboxylic acids is 1. The van der Waals surface area contributed by atoms with Crippen LogP contribution in [0.3, 0.4) is 0 Å². The Labute approximate surface area is 158 Å². The van der Waals surface area contributed by atoms with E-state index >= 15 is 0 Å². The Kier molecular flexibility index (Phi) is 6.45. The van der Waals surface area contributed by atoms with Crippen LogP contribution < -0.4 is 5.32 Å². The van der Waals surface area contributed by atoms with E-state index in [9.17, 15) is 19.5 Å². The maximum atomic E-state index is 12.7. The highest BCUT2D eigenvalue weighted by molar-refractivity contribution is 5.94. The van der Waals surface area contributed by atoms with Gasteiger partial charge in [0.25, 0.3) is 5.91 Å². The van der Waals surface area contributed by atoms with Crippen LogP contribution in [0.4, 0.5) is 0 Å². The Balaban J connectivity index is 1.61. The number of carbonyl (C=O) groups is 3. The summed E-state index contributed by atoms with van der Waals surface area (Å²) in [5.41, 5.74) is 0.598. The summed E-state index contributed by atoms with van der Waals surface area (Å²) < 4.78 is 5.37. The molecule has 1 aromatic rings. The fourth-order valence-corrected chi connectivity index (χ4v) is 3.82. The summed E-state index contributed by atoms with van der Waals surface area (Å²) in [5.74, 6) is -2.03. The first-order chi connectivity index (χ1) is 13.1. The van der Waals surface area contributed by atoms with Crippen LogP contribution in [-0.4, -0.2) is 60.1 Å². The van der Waals surface area contributed by atoms with Crippen LogP contribution in [0.25, 0.3) is 0 Å². The van der Waals surface area contributed by atoms with Crippen LogP contribution in [0.1, 0.15) is 36.0 Å². The molecule has 2 fully saturated rings. The quantitative estimate of drug-likeness (QED) is 0.815. The number of ether oxygens (including phenoxy) is 1. The molecule has 146 valence electrons. The molecular formula is C20H26N2O5. The number of nitrogens with one attached hydrogen (secondary N) is 1. The number of amides is 2. The fourth-order valence-electron chi connectivity index (χ4n) is 3.82. The molecule has 2 aliphatic heterocycles. The Morgan fingerprint density at radius 1 is 1.15 bits per heavy atom. The summed E-state index contributed by atoms with van der Waals surface area (Å²) in [4.78, 5) is 38.7. The van der Waals surface area contributed by atoms with Crippen molar-refractivity contribution in [3.05, 3.63) is 35.9 Å². The zero-order chi connectivity index (χ0) is 19.2. The minimum Gasteiger partial charge on any atom is -0.480 e. The van der Waals surface area contributed by atoms with Crippen molar-refractivity contribution in [1.82, 2.24) is 10.2 Å². The van der Waals surface area contributed by atoms with Crippen LogP contribution in [-0.2, 0) is 14.3 Å². The van der Waals surface area contributed by atoms with E-state index in [1.807, 2.05) is 18.2 Å². The van der Waals surface area contributed by atoms with Crippen molar-refractivity contribution in [2.45, 2.75) is 31.7 Å². The molecule has 0 spiro atoms. The number of nitrogens with zero attached hydrogens (tertiary/aromatic N) is 1. The molecule has 0 radical (unpaired) electrons. The van der Waals surface area contributed by atoms with Crippen LogP contribution in [0.5, 0.6) is 0 Å². The lowest BCUT2D eigenvalue weighted by Crippen LogP contribution is -2.52. The lowest BCUT2D eigenvalue weighted by Gasteiger charge is -2.34. The first-order valence-corrected chi connectivity index (χ1v) is 9.51. The number of hydrogen-bond acceptors (Lipinski definition) is 4. The van der Waals surface area contributed by atoms with Gasteiger partial charge in [-0.3, -0.25) is 9.59 Å². The van der Waals surface area contributed by atoms with E-state index in [-0.39, 0.29) is 17.7 Å². The Hall–Kier alpha value is -2.41. The van der Waals surface area contributed by atoms with Crippen molar-refractivity contribution in [2.24, 2.45) is 11.8 Å². The van der Waals surface area contributed by atoms with Gasteiger partial charge in [-0.25, -0.2) is 4.79 Å². The van der Waals surface area contributed by atoms with E-state index in [0.29, 0.717) is 38.3 Å². The van der Waals surface area contributed by atoms with Gasteiger partial charge in [-0.05, 0) is 37.8 Å². The first-order valence-electron chi connectivity index (χ1n) is 9.51. The van der Waals surface area contributed by atoms with Crippen molar-refractivity contribution in [3.63, 3.8) is 0 Å². The molecule has 0 aliphatic carbocycles. The summed E-state index contributed by atoms with van der Waals surface area (Å²) in [5, 5.41) is 12.2. The van der Waals surface area contributed by atoms with Crippen molar-refractivity contribution in [1.29, 1.82) is 0 Å². The molecular weight excluding hydrogens is 348 g/mol. The molecule has 0 bridgehead atoms. The van der Waals surface area contributed by atoms with E-state index in [2.05, 4.69) is 5.32 Å². The number of hydrogen-bond donors (Lipinski definition) is 2. The zero-order valence-corrected chi connectivity index (χ0v) is 15.3. The number of benzene rings is 1. The Bertz CT molecular complexity index is 672. The highest BCUT2D eigenvalue weighted by atomic mass is 16.5. The van der Waals surface area contributed by atoms with Gasteiger partial charge in [0.05, 0.1) is 12.5 Å². The van der Waals surface area contributed by atoms with Gasteiger partial charge in [0.15, 0.2) is 0 Å². The van der Waals surface area contributed by atoms with Gasteiger partial charge in [0, 0.05) is 31.2 Å². The molecule has 1 aromatic carbocycles. The van der Waals surface area contributed by atoms with Gasteiger partial charge >= 0.3 is 5.97 Å². The standard InChI is InChI=1S/C20H26N2O5/c23-18(21-17(20(25)26)16-9-5-11-27-13-16)15-8-4-10-22(12-15)19(24)14-6-2-1-3-7-14/h1-3,6-7,15-17H,4-5,8-13H2,(H,21,23)(H,25,26). The number of rotatable bonds is 5. The lowest BCUT2D eigenvalue weighted by atomic mass is 9.91. The Morgan fingerprint density at radius 3 is 2.59 bits per heavy atom. The van der Waals surface area contributed by atoms with Gasteiger partial charge in [-0.2, -0.15) is 0 Å². The van der Waals surface area contributed by atoms with E-state index in [0.717, 1.165) is 19.3 Å². The highest BCUT2D eigenvalue weighted by Crippen LogP contribution is 2.22. The lowest BCUT2D eigenvalue weighted by molar-refractivity contribution is -0.146. The van der Waals surface area contributed by atoms with Crippen molar-refractivity contribution in [3.8, 4) is 0 Å². The third-order valence-electron chi connectivity index (χ3n) is 5.33. The normalized spacial score (nSPS) is 24.1. The number of likely N-dealkylation sites (tertiary alicyclic amines) is 1. The van der Waals surface area contributed by atoms with Gasteiger partial charge < -0.3 is 20.1 Å². The fraction of sp³-hybridized carbons (Fsp3) is 0.550. The average Bonchev–Trinajstić information content (AvgIpc) is 2.72. The third kappa shape index (κ3) is 4.86. The molecule has 0 aromatic heterocycles. The number of carbonyl (C=O) groups excluding carboxylic acids is 2. The van der Waals surface area contributed by atoms with E-state index < -0.39 is 17.9 Å². The predicted molar refractivity (Wildman–Crippen MR) is 98.2 cm³/mol. The highest BCUT2D eigenvalue weighted by Gasteiger charge is 2.35. The van der Waals surface area contributed by atoms with Crippen LogP contribution >= 0.6 is 0 Å². The van der Waals surface area contributed by atoms with Gasteiger partial charge in [-0.1, -0.05) is 18.2 Å². The summed E-state index contributed by atoms with van der Waals surface area (Å²) in [6.45, 7) is 1.90. The predicted octanol–water partition coefficient (Wildman–Crippen LogP) is 1.53. The maximum absolute atomic E-state index is 12.7. The van der Waals surface area contributed by atoms with Gasteiger partial charge in [0.1, 0.15) is 6.04 Å². The van der Waals surface area contributed by atoms with Crippen LogP contribution in [0, 0.1) is 11.8 Å². The molecule has 0 saturated carbocycles. The third-order valence-corrected chi connectivity index (χ3v) is 5.33. The second-order valence-corrected chi connectivity index (χ2v) is 7.26. The van der Waals surface area contributed by atoms with Crippen molar-refractivity contribution < 1.29 is 24.2 Å². The molecule has 2 N–H and O–H groups in total. The van der Waals surface area contributed by atoms with E-state index in [4.69, 9.17) is 4.74 Å². The van der Waals surface area contributed by atoms with Crippen LogP contribution in [0.15, 0.2) is 30.3 Å². The van der Waals surface area contributed by atoms with E-state index in [1.165, 1.54) is 0 Å². The molecule has 27 heavy (non-hydrogen) atoms. The number of carboxylic acids is 1. The molecule has 3 atom stereocenters. The molecule has 7 heteroatoms. The summed E-state index contributed by atoms with van der Waals surface area (Å²) in [6.07, 6.45) is 2.90. The molecule has 2 amide bonds. The van der Waals surface area contributed by atoms with E-state index in [1.54, 1.807) is 17.0 Å². The zero-order valence-electron chi connectivity index (χ0n) is 15.3. The number of piperidine rings is 1. The molecule has 2 saturated heterocycles. The average molecular weight is 374 g/mol. The second-order valence-electron chi connectivity index (χ2n) is 7.26. The molecule has 7 nitrogen and oxygen atoms in total. The van der Waals surface area contributed by atoms with Crippen molar-refractivity contribution in [2.75, 3.05) is 26.3 Å². The number of carboxylic acid groups (broad SMARTS) is 1. The SMILES string of the molecule is O=C(NC(C(=O)O)C1CCCOC1)C1CCCN(C(=O)c2ccccc2)C1. The van der Waals surface area contributed by atoms with Crippen LogP contribution in [0.2, 0.25) is 0 Å². The van der Waals surface area contributed by atoms with Gasteiger partial charge in [0.2, 0.25) is 5.91 Å². The topological polar surface area (TPSA) is 95.9 Å². The monoisotopic (exact) mass is 374 g/mol. The minimum absolute atomic E-state index is 0.0939. The minimum atomic E-state index is -1.04. The summed E-state index contributed by atoms with van der Waals surface area (Å²) in [6, 6.07) is 8.05. The van der Waals surface area contributed by atoms with Gasteiger partial charge in [-0.15, -0.1) is 0 Å². The second kappa shape index (κ2) is 8.99. The molecule has 2 aliphatic rings.